The molecule has 12 rings (SSSR count). The van der Waals surface area contributed by atoms with Crippen LogP contribution < -0.4 is 0 Å². The van der Waals surface area contributed by atoms with Crippen LogP contribution in [0.1, 0.15) is 5.56 Å². The van der Waals surface area contributed by atoms with Crippen LogP contribution in [0.5, 0.6) is 0 Å². The van der Waals surface area contributed by atoms with Gasteiger partial charge in [-0.2, -0.15) is 5.26 Å². The van der Waals surface area contributed by atoms with Gasteiger partial charge in [-0.05, 0) is 83.9 Å². The van der Waals surface area contributed by atoms with Crippen molar-refractivity contribution in [1.82, 2.24) is 18.7 Å². The molecule has 6 heteroatoms. The van der Waals surface area contributed by atoms with Gasteiger partial charge < -0.3 is 13.7 Å². The van der Waals surface area contributed by atoms with Crippen LogP contribution >= 0.6 is 0 Å². The minimum absolute atomic E-state index is 0.521. The highest BCUT2D eigenvalue weighted by molar-refractivity contribution is 6.12. The van der Waals surface area contributed by atoms with Crippen molar-refractivity contribution >= 4 is 71.1 Å². The minimum Gasteiger partial charge on any atom is -0.310 e. The third-order valence-electron chi connectivity index (χ3n) is 12.1. The van der Waals surface area contributed by atoms with E-state index in [-0.39, 0.29) is 0 Å². The summed E-state index contributed by atoms with van der Waals surface area (Å²) in [4.78, 5) is 9.02. The Morgan fingerprint density at radius 2 is 0.787 bits per heavy atom. The number of pyridine rings is 1. The molecule has 0 radical (unpaired) electrons. The van der Waals surface area contributed by atoms with Crippen LogP contribution in [0, 0.1) is 17.9 Å². The van der Waals surface area contributed by atoms with E-state index in [0.717, 1.165) is 105 Å². The standard InChI is InChI=1S/C55H32N6/c1-57-38-28-37(30-40(31-38)60-51-22-10-4-16-43(51)44-17-5-11-23-52(44)60)48-34-58-33-47(55(48)61-53-24-12-6-18-45(53)46-19-7-13-25-54(46)61)36-26-35(32-56)27-39(29-36)59-49-20-8-2-14-41(49)42-15-3-9-21-50(42)59/h2-31,33-34H. The van der Waals surface area contributed by atoms with Crippen LogP contribution in [0.2, 0.25) is 0 Å². The maximum Gasteiger partial charge on any atom is 0.189 e. The van der Waals surface area contributed by atoms with Crippen molar-refractivity contribution in [3.05, 3.63) is 211 Å². The molecule has 0 saturated carbocycles. The number of benzene rings is 8. The monoisotopic (exact) mass is 776 g/mol. The molecule has 6 nitrogen and oxygen atoms in total. The summed E-state index contributed by atoms with van der Waals surface area (Å²) in [7, 11) is 0. The molecule has 0 atom stereocenters. The Hall–Kier alpha value is -8.71. The zero-order chi connectivity index (χ0) is 40.6. The fraction of sp³-hybridized carbons (Fsp3) is 0. The number of fused-ring (bicyclic) bond motifs is 9. The van der Waals surface area contributed by atoms with E-state index in [1.807, 2.05) is 36.7 Å². The lowest BCUT2D eigenvalue weighted by Gasteiger charge is -2.20. The molecule has 0 spiro atoms. The molecular weight excluding hydrogens is 745 g/mol. The van der Waals surface area contributed by atoms with Crippen LogP contribution in [0.25, 0.3) is 110 Å². The largest absolute Gasteiger partial charge is 0.310 e. The Morgan fingerprint density at radius 1 is 0.426 bits per heavy atom. The summed E-state index contributed by atoms with van der Waals surface area (Å²) in [5.74, 6) is 0. The number of hydrogen-bond donors (Lipinski definition) is 0. The van der Waals surface area contributed by atoms with E-state index in [9.17, 15) is 5.26 Å². The molecule has 0 saturated heterocycles. The van der Waals surface area contributed by atoms with E-state index < -0.39 is 0 Å². The van der Waals surface area contributed by atoms with Crippen LogP contribution in [0.4, 0.5) is 5.69 Å². The van der Waals surface area contributed by atoms with Gasteiger partial charge in [0.1, 0.15) is 0 Å². The zero-order valence-electron chi connectivity index (χ0n) is 32.7. The summed E-state index contributed by atoms with van der Waals surface area (Å²) >= 11 is 0. The van der Waals surface area contributed by atoms with Gasteiger partial charge in [-0.15, -0.1) is 0 Å². The molecule has 0 N–H and O–H groups in total. The van der Waals surface area contributed by atoms with Gasteiger partial charge in [0, 0.05) is 67.2 Å². The molecule has 61 heavy (non-hydrogen) atoms. The molecule has 8 aromatic carbocycles. The van der Waals surface area contributed by atoms with Crippen LogP contribution in [0.3, 0.4) is 0 Å². The lowest BCUT2D eigenvalue weighted by Crippen LogP contribution is -2.03. The lowest BCUT2D eigenvalue weighted by molar-refractivity contribution is 1.15. The smallest absolute Gasteiger partial charge is 0.189 e. The third-order valence-corrected chi connectivity index (χ3v) is 12.1. The van der Waals surface area contributed by atoms with Gasteiger partial charge in [-0.3, -0.25) is 4.98 Å². The molecular formula is C55H32N6. The molecule has 4 aromatic heterocycles. The van der Waals surface area contributed by atoms with Crippen molar-refractivity contribution in [1.29, 1.82) is 5.26 Å². The van der Waals surface area contributed by atoms with Crippen LogP contribution in [-0.2, 0) is 0 Å². The fourth-order valence-electron chi connectivity index (χ4n) is 9.59. The molecule has 0 fully saturated rings. The Labute approximate surface area is 350 Å². The number of para-hydroxylation sites is 6. The first kappa shape index (κ1) is 34.3. The van der Waals surface area contributed by atoms with E-state index in [4.69, 9.17) is 11.6 Å². The van der Waals surface area contributed by atoms with Crippen molar-refractivity contribution < 1.29 is 0 Å². The summed E-state index contributed by atoms with van der Waals surface area (Å²) in [6.45, 7) is 8.35. The second kappa shape index (κ2) is 13.4. The third kappa shape index (κ3) is 5.17. The molecule has 0 aliphatic rings. The number of nitrogens with zero attached hydrogens (tertiary/aromatic N) is 6. The van der Waals surface area contributed by atoms with Crippen LogP contribution in [0.15, 0.2) is 194 Å². The first-order valence-corrected chi connectivity index (χ1v) is 20.2. The maximum absolute atomic E-state index is 10.6. The second-order valence-electron chi connectivity index (χ2n) is 15.4. The van der Waals surface area contributed by atoms with Gasteiger partial charge in [-0.25, -0.2) is 4.85 Å². The van der Waals surface area contributed by atoms with Crippen molar-refractivity contribution in [3.8, 4) is 45.4 Å². The van der Waals surface area contributed by atoms with Crippen molar-refractivity contribution in [2.24, 2.45) is 0 Å². The van der Waals surface area contributed by atoms with Gasteiger partial charge in [0.2, 0.25) is 0 Å². The summed E-state index contributed by atoms with van der Waals surface area (Å²) in [6, 6.07) is 65.4. The Morgan fingerprint density at radius 3 is 1.18 bits per heavy atom. The highest BCUT2D eigenvalue weighted by Crippen LogP contribution is 2.44. The molecule has 0 amide bonds. The summed E-state index contributed by atoms with van der Waals surface area (Å²) in [5, 5.41) is 17.5. The topological polar surface area (TPSA) is 55.8 Å². The van der Waals surface area contributed by atoms with Gasteiger partial charge >= 0.3 is 0 Å². The van der Waals surface area contributed by atoms with Gasteiger partial charge in [-0.1, -0.05) is 109 Å². The average Bonchev–Trinajstić information content (AvgIpc) is 3.97. The predicted molar refractivity (Wildman–Crippen MR) is 249 cm³/mol. The molecule has 0 unspecified atom stereocenters. The Bertz CT molecular complexity index is 3510. The second-order valence-corrected chi connectivity index (χ2v) is 15.4. The van der Waals surface area contributed by atoms with E-state index in [1.165, 1.54) is 0 Å². The quantitative estimate of drug-likeness (QED) is 0.163. The molecule has 4 heterocycles. The lowest BCUT2D eigenvalue weighted by atomic mass is 9.96. The molecule has 0 bridgehead atoms. The van der Waals surface area contributed by atoms with Gasteiger partial charge in [0.25, 0.3) is 0 Å². The SMILES string of the molecule is [C-]#[N+]c1cc(-c2cncc(-c3cc(C#N)cc(-n4c5ccccc5c5ccccc54)c3)c2-n2c3ccccc3c3ccccc32)cc(-n2c3ccccc3c3ccccc32)c1. The first-order valence-electron chi connectivity index (χ1n) is 20.2. The highest BCUT2D eigenvalue weighted by Gasteiger charge is 2.23. The normalized spacial score (nSPS) is 11.6. The number of rotatable bonds is 5. The maximum atomic E-state index is 10.6. The molecule has 12 aromatic rings. The number of hydrogen-bond acceptors (Lipinski definition) is 2. The molecule has 0 aliphatic carbocycles. The van der Waals surface area contributed by atoms with Crippen molar-refractivity contribution in [2.45, 2.75) is 0 Å². The fourth-order valence-corrected chi connectivity index (χ4v) is 9.59. The summed E-state index contributed by atoms with van der Waals surface area (Å²) in [5.41, 5.74) is 13.5. The average molecular weight is 777 g/mol. The van der Waals surface area contributed by atoms with Crippen molar-refractivity contribution in [3.63, 3.8) is 0 Å². The van der Waals surface area contributed by atoms with E-state index >= 15 is 0 Å². The Kier molecular flexibility index (Phi) is 7.56. The summed E-state index contributed by atoms with van der Waals surface area (Å²) in [6.07, 6.45) is 3.84. The first-order chi connectivity index (χ1) is 30.2. The summed E-state index contributed by atoms with van der Waals surface area (Å²) < 4.78 is 6.85. The van der Waals surface area contributed by atoms with E-state index in [1.54, 1.807) is 0 Å². The Balaban J connectivity index is 1.18. The van der Waals surface area contributed by atoms with Gasteiger partial charge in [0.05, 0.1) is 57.0 Å². The van der Waals surface area contributed by atoms with Crippen LogP contribution in [-0.4, -0.2) is 18.7 Å². The molecule has 282 valence electrons. The van der Waals surface area contributed by atoms with Gasteiger partial charge in [0.15, 0.2) is 5.69 Å². The number of aromatic nitrogens is 4. The molecule has 0 aliphatic heterocycles. The highest BCUT2D eigenvalue weighted by atomic mass is 15.0. The zero-order valence-corrected chi connectivity index (χ0v) is 32.7. The van der Waals surface area contributed by atoms with E-state index in [0.29, 0.717) is 11.3 Å². The van der Waals surface area contributed by atoms with Crippen molar-refractivity contribution in [2.75, 3.05) is 0 Å². The minimum atomic E-state index is 0.521. The predicted octanol–water partition coefficient (Wildman–Crippen LogP) is 14.1. The number of nitriles is 1. The van der Waals surface area contributed by atoms with E-state index in [2.05, 4.69) is 182 Å².